The van der Waals surface area contributed by atoms with Crippen LogP contribution in [0.25, 0.3) is 0 Å². The van der Waals surface area contributed by atoms with Gasteiger partial charge in [-0.05, 0) is 19.8 Å². The lowest BCUT2D eigenvalue weighted by atomic mass is 10.1. The Morgan fingerprint density at radius 3 is 3.30 bits per heavy atom. The van der Waals surface area contributed by atoms with Crippen molar-refractivity contribution >= 4 is 0 Å². The third-order valence-electron chi connectivity index (χ3n) is 1.96. The minimum Gasteiger partial charge on any atom is -0.395 e. The number of aliphatic hydroxyl groups is 1. The molecule has 0 amide bonds. The molecule has 2 N–H and O–H groups in total. The van der Waals surface area contributed by atoms with E-state index in [1.807, 2.05) is 0 Å². The highest BCUT2D eigenvalue weighted by atomic mass is 16.3. The summed E-state index contributed by atoms with van der Waals surface area (Å²) in [6, 6.07) is 0.314. The van der Waals surface area contributed by atoms with Gasteiger partial charge in [-0.3, -0.25) is 0 Å². The summed E-state index contributed by atoms with van der Waals surface area (Å²) in [6.07, 6.45) is 4.38. The number of allylic oxidation sites excluding steroid dienone is 1. The maximum absolute atomic E-state index is 8.82. The van der Waals surface area contributed by atoms with Crippen LogP contribution in [0.4, 0.5) is 0 Å². The molecule has 0 spiro atoms. The van der Waals surface area contributed by atoms with Gasteiger partial charge in [-0.2, -0.15) is 0 Å². The van der Waals surface area contributed by atoms with Crippen LogP contribution in [0.3, 0.4) is 0 Å². The van der Waals surface area contributed by atoms with E-state index in [0.717, 1.165) is 19.4 Å². The number of hydrogen-bond donors (Lipinski definition) is 2. The number of nitrogens with one attached hydrogen (secondary N) is 1. The fourth-order valence-corrected chi connectivity index (χ4v) is 1.16. The molecule has 2 heteroatoms. The molecule has 0 aliphatic carbocycles. The third kappa shape index (κ3) is 2.12. The monoisotopic (exact) mass is 141 g/mol. The molecule has 0 unspecified atom stereocenters. The molecule has 1 heterocycles. The second-order valence-electron chi connectivity index (χ2n) is 2.88. The molecule has 0 fully saturated rings. The third-order valence-corrected chi connectivity index (χ3v) is 1.96. The van der Waals surface area contributed by atoms with Gasteiger partial charge in [0.1, 0.15) is 0 Å². The summed E-state index contributed by atoms with van der Waals surface area (Å²) in [4.78, 5) is 0. The highest BCUT2D eigenvalue weighted by Gasteiger charge is 2.08. The van der Waals surface area contributed by atoms with E-state index in [4.69, 9.17) is 5.11 Å². The zero-order valence-corrected chi connectivity index (χ0v) is 6.43. The summed E-state index contributed by atoms with van der Waals surface area (Å²) in [5, 5.41) is 12.1. The molecule has 58 valence electrons. The highest BCUT2D eigenvalue weighted by molar-refractivity contribution is 5.02. The molecule has 0 aromatic rings. The number of hydrogen-bond acceptors (Lipinski definition) is 2. The fourth-order valence-electron chi connectivity index (χ4n) is 1.16. The molecule has 2 nitrogen and oxygen atoms in total. The van der Waals surface area contributed by atoms with Crippen molar-refractivity contribution in [2.75, 3.05) is 13.2 Å². The Morgan fingerprint density at radius 1 is 1.80 bits per heavy atom. The molecule has 10 heavy (non-hydrogen) atoms. The first kappa shape index (κ1) is 7.76. The van der Waals surface area contributed by atoms with Crippen molar-refractivity contribution < 1.29 is 5.11 Å². The van der Waals surface area contributed by atoms with Crippen LogP contribution in [-0.4, -0.2) is 24.3 Å². The van der Waals surface area contributed by atoms with Crippen LogP contribution in [0.15, 0.2) is 11.6 Å². The van der Waals surface area contributed by atoms with E-state index >= 15 is 0 Å². The van der Waals surface area contributed by atoms with Crippen molar-refractivity contribution in [1.29, 1.82) is 0 Å². The molecule has 0 bridgehead atoms. The Morgan fingerprint density at radius 2 is 2.60 bits per heavy atom. The molecule has 1 rings (SSSR count). The Hall–Kier alpha value is -0.340. The Balaban J connectivity index is 2.36. The Labute approximate surface area is 61.9 Å². The van der Waals surface area contributed by atoms with E-state index in [-0.39, 0.29) is 6.61 Å². The molecule has 0 aromatic carbocycles. The fraction of sp³-hybridized carbons (Fsp3) is 0.750. The van der Waals surface area contributed by atoms with Crippen LogP contribution in [0.2, 0.25) is 0 Å². The second kappa shape index (κ2) is 3.74. The van der Waals surface area contributed by atoms with E-state index in [9.17, 15) is 0 Å². The molecule has 1 aliphatic rings. The molecular weight excluding hydrogens is 126 g/mol. The molecular formula is C8H15NO. The van der Waals surface area contributed by atoms with E-state index in [2.05, 4.69) is 18.3 Å². The topological polar surface area (TPSA) is 32.3 Å². The molecule has 0 saturated heterocycles. The summed E-state index contributed by atoms with van der Waals surface area (Å²) in [5.41, 5.74) is 1.43. The van der Waals surface area contributed by atoms with Gasteiger partial charge in [-0.25, -0.2) is 0 Å². The lowest BCUT2D eigenvalue weighted by Gasteiger charge is -2.10. The summed E-state index contributed by atoms with van der Waals surface area (Å²) in [7, 11) is 0. The molecule has 1 aliphatic heterocycles. The maximum Gasteiger partial charge on any atom is 0.0584 e. The minimum absolute atomic E-state index is 0.265. The van der Waals surface area contributed by atoms with E-state index < -0.39 is 0 Å². The van der Waals surface area contributed by atoms with Crippen LogP contribution in [0, 0.1) is 0 Å². The van der Waals surface area contributed by atoms with E-state index in [1.165, 1.54) is 5.57 Å². The average Bonchev–Trinajstić information content (AvgIpc) is 2.14. The van der Waals surface area contributed by atoms with Gasteiger partial charge in [0.05, 0.1) is 6.61 Å². The first-order chi connectivity index (χ1) is 4.83. The van der Waals surface area contributed by atoms with Crippen molar-refractivity contribution in [2.45, 2.75) is 25.8 Å². The van der Waals surface area contributed by atoms with Crippen LogP contribution >= 0.6 is 0 Å². The summed E-state index contributed by atoms with van der Waals surface area (Å²) in [6.45, 7) is 3.32. The number of rotatable bonds is 1. The minimum atomic E-state index is 0.265. The Kier molecular flexibility index (Phi) is 2.90. The SMILES string of the molecule is CC1=CCN[C@@H](CO)CC1. The smallest absolute Gasteiger partial charge is 0.0584 e. The van der Waals surface area contributed by atoms with Gasteiger partial charge in [-0.1, -0.05) is 11.6 Å². The van der Waals surface area contributed by atoms with Gasteiger partial charge in [0, 0.05) is 12.6 Å². The molecule has 0 radical (unpaired) electrons. The summed E-state index contributed by atoms with van der Waals surface area (Å²) >= 11 is 0. The van der Waals surface area contributed by atoms with Crippen LogP contribution < -0.4 is 5.32 Å². The Bertz CT molecular complexity index is 131. The first-order valence-electron chi connectivity index (χ1n) is 3.83. The van der Waals surface area contributed by atoms with Gasteiger partial charge in [-0.15, -0.1) is 0 Å². The summed E-state index contributed by atoms with van der Waals surface area (Å²) in [5.74, 6) is 0. The number of aliphatic hydroxyl groups excluding tert-OH is 1. The van der Waals surface area contributed by atoms with Crippen molar-refractivity contribution in [3.05, 3.63) is 11.6 Å². The van der Waals surface area contributed by atoms with Crippen molar-refractivity contribution in [1.82, 2.24) is 5.32 Å². The van der Waals surface area contributed by atoms with Gasteiger partial charge in [0.15, 0.2) is 0 Å². The molecule has 1 atom stereocenters. The van der Waals surface area contributed by atoms with Crippen LogP contribution in [-0.2, 0) is 0 Å². The molecule has 0 saturated carbocycles. The normalized spacial score (nSPS) is 27.4. The van der Waals surface area contributed by atoms with Gasteiger partial charge in [0.25, 0.3) is 0 Å². The zero-order valence-electron chi connectivity index (χ0n) is 6.43. The van der Waals surface area contributed by atoms with Crippen LogP contribution in [0.1, 0.15) is 19.8 Å². The highest BCUT2D eigenvalue weighted by Crippen LogP contribution is 2.09. The zero-order chi connectivity index (χ0) is 7.40. The lowest BCUT2D eigenvalue weighted by Crippen LogP contribution is -2.31. The predicted octanol–water partition coefficient (Wildman–Crippen LogP) is 0.677. The van der Waals surface area contributed by atoms with Crippen molar-refractivity contribution in [3.8, 4) is 0 Å². The van der Waals surface area contributed by atoms with Crippen LogP contribution in [0.5, 0.6) is 0 Å². The first-order valence-corrected chi connectivity index (χ1v) is 3.83. The maximum atomic E-state index is 8.82. The average molecular weight is 141 g/mol. The largest absolute Gasteiger partial charge is 0.395 e. The predicted molar refractivity (Wildman–Crippen MR) is 41.9 cm³/mol. The van der Waals surface area contributed by atoms with E-state index in [1.54, 1.807) is 0 Å². The lowest BCUT2D eigenvalue weighted by molar-refractivity contribution is 0.241. The van der Waals surface area contributed by atoms with Crippen molar-refractivity contribution in [3.63, 3.8) is 0 Å². The van der Waals surface area contributed by atoms with Gasteiger partial charge >= 0.3 is 0 Å². The summed E-state index contributed by atoms with van der Waals surface area (Å²) < 4.78 is 0. The van der Waals surface area contributed by atoms with Gasteiger partial charge in [0.2, 0.25) is 0 Å². The quantitative estimate of drug-likeness (QED) is 0.526. The second-order valence-corrected chi connectivity index (χ2v) is 2.88. The van der Waals surface area contributed by atoms with Gasteiger partial charge < -0.3 is 10.4 Å². The standard InChI is InChI=1S/C8H15NO/c1-7-2-3-8(6-10)9-5-4-7/h4,8-10H,2-3,5-6H2,1H3/t8-/m1/s1. The van der Waals surface area contributed by atoms with E-state index in [0.29, 0.717) is 6.04 Å². The van der Waals surface area contributed by atoms with Crippen molar-refractivity contribution in [2.24, 2.45) is 0 Å². The molecule has 0 aromatic heterocycles.